The van der Waals surface area contributed by atoms with E-state index in [1.165, 1.54) is 0 Å². The van der Waals surface area contributed by atoms with Crippen LogP contribution in [0.2, 0.25) is 0 Å². The molecule has 9 heteroatoms. The van der Waals surface area contributed by atoms with E-state index in [4.69, 9.17) is 11.5 Å². The monoisotopic (exact) mass is 449 g/mol. The highest BCUT2D eigenvalue weighted by Gasteiger charge is 2.29. The van der Waals surface area contributed by atoms with Gasteiger partial charge in [0.2, 0.25) is 11.8 Å². The minimum atomic E-state index is -1.12. The molecule has 1 aromatic carbocycles. The molecule has 9 nitrogen and oxygen atoms in total. The molecule has 0 aliphatic heterocycles. The minimum absolute atomic E-state index is 0.0168. The molecule has 3 atom stereocenters. The van der Waals surface area contributed by atoms with Crippen LogP contribution in [0, 0.1) is 5.92 Å². The highest BCUT2D eigenvalue weighted by atomic mass is 16.3. The van der Waals surface area contributed by atoms with Crippen LogP contribution < -0.4 is 22.1 Å². The zero-order chi connectivity index (χ0) is 24.5. The van der Waals surface area contributed by atoms with Crippen LogP contribution in [-0.4, -0.2) is 64.7 Å². The molecule has 32 heavy (non-hydrogen) atoms. The molecule has 180 valence electrons. The lowest BCUT2D eigenvalue weighted by atomic mass is 9.99. The van der Waals surface area contributed by atoms with E-state index < -0.39 is 35.5 Å². The van der Waals surface area contributed by atoms with Crippen molar-refractivity contribution in [2.24, 2.45) is 17.4 Å². The van der Waals surface area contributed by atoms with Gasteiger partial charge in [0.1, 0.15) is 0 Å². The normalized spacial score (nSPS) is 14.4. The number of rotatable bonds is 11. The number of amides is 4. The molecular formula is C23H39N5O4. The van der Waals surface area contributed by atoms with Gasteiger partial charge in [-0.2, -0.15) is 0 Å². The van der Waals surface area contributed by atoms with Crippen molar-refractivity contribution in [1.82, 2.24) is 15.5 Å². The molecule has 1 rings (SSSR count). The minimum Gasteiger partial charge on any atom is -0.389 e. The summed E-state index contributed by atoms with van der Waals surface area (Å²) in [7, 11) is 0. The van der Waals surface area contributed by atoms with Crippen molar-refractivity contribution in [3.05, 3.63) is 35.9 Å². The Labute approximate surface area is 190 Å². The molecule has 0 unspecified atom stereocenters. The Morgan fingerprint density at radius 2 is 1.69 bits per heavy atom. The molecule has 0 radical (unpaired) electrons. The second kappa shape index (κ2) is 12.4. The highest BCUT2D eigenvalue weighted by Crippen LogP contribution is 2.11. The standard InChI is InChI=1S/C23H39N5O4/c1-15(2)13-28(22(32)27-23(3,4)5)14-19(29)18(11-16-9-7-6-8-10-16)26-21(31)17(24)12-20(25)30/h6-10,15,17-19,29H,11-14,24H2,1-5H3,(H2,25,30)(H,26,31)(H,27,32)/t17-,18-,19+/m0/s1. The van der Waals surface area contributed by atoms with Crippen molar-refractivity contribution in [1.29, 1.82) is 0 Å². The molecule has 0 saturated heterocycles. The SMILES string of the molecule is CC(C)CN(C[C@@H](O)[C@H](Cc1ccccc1)NC(=O)[C@@H](N)CC(N)=O)C(=O)NC(C)(C)C. The number of aliphatic hydroxyl groups excluding tert-OH is 1. The largest absolute Gasteiger partial charge is 0.389 e. The number of nitrogens with two attached hydrogens (primary N) is 2. The molecule has 4 amide bonds. The van der Waals surface area contributed by atoms with Gasteiger partial charge in [-0.25, -0.2) is 4.79 Å². The number of nitrogens with one attached hydrogen (secondary N) is 2. The summed E-state index contributed by atoms with van der Waals surface area (Å²) in [6.45, 7) is 10.1. The van der Waals surface area contributed by atoms with Crippen molar-refractivity contribution < 1.29 is 19.5 Å². The van der Waals surface area contributed by atoms with Crippen molar-refractivity contribution in [2.75, 3.05) is 13.1 Å². The average Bonchev–Trinajstić information content (AvgIpc) is 2.65. The number of carbonyl (C=O) groups excluding carboxylic acids is 3. The average molecular weight is 450 g/mol. The Balaban J connectivity index is 3.04. The van der Waals surface area contributed by atoms with E-state index in [9.17, 15) is 19.5 Å². The maximum absolute atomic E-state index is 12.8. The third-order valence-corrected chi connectivity index (χ3v) is 4.61. The van der Waals surface area contributed by atoms with E-state index in [2.05, 4.69) is 10.6 Å². The third kappa shape index (κ3) is 10.6. The van der Waals surface area contributed by atoms with Crippen LogP contribution in [-0.2, 0) is 16.0 Å². The van der Waals surface area contributed by atoms with Crippen molar-refractivity contribution >= 4 is 17.8 Å². The molecule has 1 aromatic rings. The second-order valence-corrected chi connectivity index (χ2v) is 9.63. The summed E-state index contributed by atoms with van der Waals surface area (Å²) in [5.41, 5.74) is 11.4. The lowest BCUT2D eigenvalue weighted by molar-refractivity contribution is -0.127. The van der Waals surface area contributed by atoms with Crippen LogP contribution in [0.15, 0.2) is 30.3 Å². The Kier molecular flexibility index (Phi) is 10.6. The molecule has 0 spiro atoms. The highest BCUT2D eigenvalue weighted by molar-refractivity contribution is 5.87. The molecule has 7 N–H and O–H groups in total. The fourth-order valence-electron chi connectivity index (χ4n) is 3.18. The molecule has 0 bridgehead atoms. The lowest BCUT2D eigenvalue weighted by Gasteiger charge is -2.33. The summed E-state index contributed by atoms with van der Waals surface area (Å²) in [4.78, 5) is 38.0. The zero-order valence-electron chi connectivity index (χ0n) is 19.8. The van der Waals surface area contributed by atoms with Crippen LogP contribution in [0.5, 0.6) is 0 Å². The van der Waals surface area contributed by atoms with Gasteiger partial charge in [-0.05, 0) is 38.7 Å². The molecule has 0 aliphatic carbocycles. The molecule has 0 saturated carbocycles. The van der Waals surface area contributed by atoms with Crippen LogP contribution in [0.4, 0.5) is 4.79 Å². The first-order chi connectivity index (χ1) is 14.8. The number of benzene rings is 1. The van der Waals surface area contributed by atoms with E-state index in [1.807, 2.05) is 65.0 Å². The number of carbonyl (C=O) groups is 3. The molecular weight excluding hydrogens is 410 g/mol. The van der Waals surface area contributed by atoms with Gasteiger partial charge in [0, 0.05) is 12.1 Å². The van der Waals surface area contributed by atoms with Gasteiger partial charge in [-0.1, -0.05) is 44.2 Å². The number of aliphatic hydroxyl groups is 1. The predicted octanol–water partition coefficient (Wildman–Crippen LogP) is 0.744. The Morgan fingerprint density at radius 1 is 1.09 bits per heavy atom. The first-order valence-electron chi connectivity index (χ1n) is 10.9. The molecule has 0 fully saturated rings. The van der Waals surface area contributed by atoms with E-state index in [1.54, 1.807) is 4.90 Å². The Morgan fingerprint density at radius 3 is 2.19 bits per heavy atom. The van der Waals surface area contributed by atoms with E-state index in [0.717, 1.165) is 5.56 Å². The first kappa shape index (κ1) is 27.4. The number of hydrogen-bond donors (Lipinski definition) is 5. The van der Waals surface area contributed by atoms with Crippen LogP contribution >= 0.6 is 0 Å². The number of nitrogens with zero attached hydrogens (tertiary/aromatic N) is 1. The maximum Gasteiger partial charge on any atom is 0.317 e. The Hall–Kier alpha value is -2.65. The summed E-state index contributed by atoms with van der Waals surface area (Å²) in [5, 5.41) is 16.7. The fraction of sp³-hybridized carbons (Fsp3) is 0.609. The van der Waals surface area contributed by atoms with Gasteiger partial charge < -0.3 is 32.1 Å². The summed E-state index contributed by atoms with van der Waals surface area (Å²) in [6, 6.07) is 7.23. The Bertz CT molecular complexity index is 749. The van der Waals surface area contributed by atoms with Crippen molar-refractivity contribution in [3.8, 4) is 0 Å². The van der Waals surface area contributed by atoms with E-state index in [-0.39, 0.29) is 24.9 Å². The van der Waals surface area contributed by atoms with E-state index in [0.29, 0.717) is 13.0 Å². The predicted molar refractivity (Wildman–Crippen MR) is 125 cm³/mol. The van der Waals surface area contributed by atoms with Gasteiger partial charge in [-0.3, -0.25) is 9.59 Å². The van der Waals surface area contributed by atoms with E-state index >= 15 is 0 Å². The summed E-state index contributed by atoms with van der Waals surface area (Å²) >= 11 is 0. The van der Waals surface area contributed by atoms with Gasteiger partial charge >= 0.3 is 6.03 Å². The maximum atomic E-state index is 12.8. The zero-order valence-corrected chi connectivity index (χ0v) is 19.8. The smallest absolute Gasteiger partial charge is 0.317 e. The topological polar surface area (TPSA) is 151 Å². The van der Waals surface area contributed by atoms with Gasteiger partial charge in [0.25, 0.3) is 0 Å². The van der Waals surface area contributed by atoms with Gasteiger partial charge in [0.05, 0.1) is 31.2 Å². The molecule has 0 heterocycles. The fourth-order valence-corrected chi connectivity index (χ4v) is 3.18. The summed E-state index contributed by atoms with van der Waals surface area (Å²) in [6.07, 6.45) is -1.04. The molecule has 0 aromatic heterocycles. The summed E-state index contributed by atoms with van der Waals surface area (Å²) in [5.74, 6) is -1.09. The number of primary amides is 1. The number of hydrogen-bond acceptors (Lipinski definition) is 5. The van der Waals surface area contributed by atoms with Gasteiger partial charge in [-0.15, -0.1) is 0 Å². The second-order valence-electron chi connectivity index (χ2n) is 9.63. The molecule has 0 aliphatic rings. The van der Waals surface area contributed by atoms with Crippen LogP contribution in [0.1, 0.15) is 46.6 Å². The number of urea groups is 1. The lowest BCUT2D eigenvalue weighted by Crippen LogP contribution is -2.56. The first-order valence-corrected chi connectivity index (χ1v) is 10.9. The quantitative estimate of drug-likeness (QED) is 0.338. The third-order valence-electron chi connectivity index (χ3n) is 4.61. The van der Waals surface area contributed by atoms with Crippen molar-refractivity contribution in [2.45, 2.75) is 71.2 Å². The van der Waals surface area contributed by atoms with Gasteiger partial charge in [0.15, 0.2) is 0 Å². The van der Waals surface area contributed by atoms with Crippen LogP contribution in [0.25, 0.3) is 0 Å². The summed E-state index contributed by atoms with van der Waals surface area (Å²) < 4.78 is 0. The van der Waals surface area contributed by atoms with Crippen molar-refractivity contribution in [3.63, 3.8) is 0 Å². The van der Waals surface area contributed by atoms with Crippen LogP contribution in [0.3, 0.4) is 0 Å².